The summed E-state index contributed by atoms with van der Waals surface area (Å²) in [5.74, 6) is 0.894. The largest absolute Gasteiger partial charge is 0.497 e. The molecule has 4 nitrogen and oxygen atoms in total. The van der Waals surface area contributed by atoms with Gasteiger partial charge in [-0.1, -0.05) is 30.3 Å². The Hall–Kier alpha value is -1.88. The molecule has 0 radical (unpaired) electrons. The molecule has 1 heterocycles. The van der Waals surface area contributed by atoms with Crippen LogP contribution in [0.5, 0.6) is 5.75 Å². The maximum absolute atomic E-state index is 6.15. The van der Waals surface area contributed by atoms with E-state index < -0.39 is 0 Å². The summed E-state index contributed by atoms with van der Waals surface area (Å²) in [6, 6.07) is 15.6. The van der Waals surface area contributed by atoms with E-state index in [-0.39, 0.29) is 0 Å². The van der Waals surface area contributed by atoms with Gasteiger partial charge in [0.2, 0.25) is 0 Å². The molecule has 25 heavy (non-hydrogen) atoms. The van der Waals surface area contributed by atoms with Gasteiger partial charge in [0.05, 0.1) is 7.11 Å². The average molecular weight is 339 g/mol. The van der Waals surface area contributed by atoms with Crippen molar-refractivity contribution < 1.29 is 4.74 Å². The zero-order chi connectivity index (χ0) is 18.0. The van der Waals surface area contributed by atoms with E-state index in [0.29, 0.717) is 18.6 Å². The molecule has 4 heteroatoms. The third kappa shape index (κ3) is 3.56. The van der Waals surface area contributed by atoms with Gasteiger partial charge >= 0.3 is 0 Å². The van der Waals surface area contributed by atoms with Gasteiger partial charge in [-0.2, -0.15) is 0 Å². The zero-order valence-corrected chi connectivity index (χ0v) is 15.7. The first-order chi connectivity index (χ1) is 12.0. The molecular weight excluding hydrogens is 310 g/mol. The zero-order valence-electron chi connectivity index (χ0n) is 15.7. The summed E-state index contributed by atoms with van der Waals surface area (Å²) < 4.78 is 5.29. The number of fused-ring (bicyclic) bond motifs is 1. The van der Waals surface area contributed by atoms with Gasteiger partial charge < -0.3 is 15.4 Å². The van der Waals surface area contributed by atoms with Gasteiger partial charge in [-0.25, -0.2) is 0 Å². The summed E-state index contributed by atoms with van der Waals surface area (Å²) in [6.07, 6.45) is 0. The second-order valence-corrected chi connectivity index (χ2v) is 7.08. The van der Waals surface area contributed by atoms with Crippen LogP contribution < -0.4 is 10.5 Å². The molecule has 3 rings (SSSR count). The lowest BCUT2D eigenvalue weighted by Crippen LogP contribution is -2.36. The highest BCUT2D eigenvalue weighted by Crippen LogP contribution is 2.36. The van der Waals surface area contributed by atoms with Crippen LogP contribution in [0.25, 0.3) is 0 Å². The first kappa shape index (κ1) is 17.9. The Labute approximate surface area is 151 Å². The molecule has 0 aliphatic carbocycles. The number of benzene rings is 2. The lowest BCUT2D eigenvalue weighted by atomic mass is 10.0. The minimum Gasteiger partial charge on any atom is -0.497 e. The number of rotatable bonds is 6. The van der Waals surface area contributed by atoms with Crippen LogP contribution in [0.15, 0.2) is 42.5 Å². The maximum Gasteiger partial charge on any atom is 0.118 e. The van der Waals surface area contributed by atoms with E-state index in [2.05, 4.69) is 61.2 Å². The Morgan fingerprint density at radius 2 is 1.92 bits per heavy atom. The standard InChI is InChI=1S/C21H29N3O/c1-15-6-5-7-18-19(15)13-24(20(18)12-22)14-21(23(2)3)16-8-10-17(25-4)11-9-16/h5-11,20-21H,12-14,22H2,1-4H3. The van der Waals surface area contributed by atoms with Crippen molar-refractivity contribution in [2.75, 3.05) is 34.3 Å². The van der Waals surface area contributed by atoms with E-state index >= 15 is 0 Å². The topological polar surface area (TPSA) is 41.7 Å². The number of nitrogens with two attached hydrogens (primary N) is 1. The van der Waals surface area contributed by atoms with Gasteiger partial charge in [-0.15, -0.1) is 0 Å². The van der Waals surface area contributed by atoms with Crippen molar-refractivity contribution in [3.8, 4) is 5.75 Å². The summed E-state index contributed by atoms with van der Waals surface area (Å²) in [5.41, 5.74) is 11.7. The Morgan fingerprint density at radius 3 is 2.52 bits per heavy atom. The van der Waals surface area contributed by atoms with E-state index in [0.717, 1.165) is 18.8 Å². The Morgan fingerprint density at radius 1 is 1.20 bits per heavy atom. The van der Waals surface area contributed by atoms with Crippen LogP contribution in [0.1, 0.15) is 34.3 Å². The SMILES string of the molecule is COc1ccc(C(CN2Cc3c(C)cccc3C2CN)N(C)C)cc1. The molecule has 2 unspecified atom stereocenters. The summed E-state index contributed by atoms with van der Waals surface area (Å²) >= 11 is 0. The molecule has 0 saturated heterocycles. The highest BCUT2D eigenvalue weighted by molar-refractivity contribution is 5.40. The van der Waals surface area contributed by atoms with E-state index in [9.17, 15) is 0 Å². The number of ether oxygens (including phenoxy) is 1. The monoisotopic (exact) mass is 339 g/mol. The lowest BCUT2D eigenvalue weighted by Gasteiger charge is -2.32. The third-order valence-electron chi connectivity index (χ3n) is 5.36. The van der Waals surface area contributed by atoms with Crippen LogP contribution in [0.3, 0.4) is 0 Å². The van der Waals surface area contributed by atoms with Gasteiger partial charge in [0.1, 0.15) is 5.75 Å². The molecule has 0 aromatic heterocycles. The second-order valence-electron chi connectivity index (χ2n) is 7.08. The predicted molar refractivity (Wildman–Crippen MR) is 103 cm³/mol. The predicted octanol–water partition coefficient (Wildman–Crippen LogP) is 3.12. The molecule has 2 aromatic carbocycles. The molecule has 1 aliphatic heterocycles. The van der Waals surface area contributed by atoms with Gasteiger partial charge in [-0.05, 0) is 55.4 Å². The van der Waals surface area contributed by atoms with Crippen molar-refractivity contribution in [2.24, 2.45) is 5.73 Å². The lowest BCUT2D eigenvalue weighted by molar-refractivity contribution is 0.151. The maximum atomic E-state index is 6.15. The fraction of sp³-hybridized carbons (Fsp3) is 0.429. The molecule has 2 N–H and O–H groups in total. The molecular formula is C21H29N3O. The normalized spacial score (nSPS) is 18.4. The van der Waals surface area contributed by atoms with Crippen LogP contribution in [0.4, 0.5) is 0 Å². The quantitative estimate of drug-likeness (QED) is 0.878. The van der Waals surface area contributed by atoms with Crippen LogP contribution in [-0.2, 0) is 6.54 Å². The second kappa shape index (κ2) is 7.56. The Bertz CT molecular complexity index is 712. The number of nitrogens with zero attached hydrogens (tertiary/aromatic N) is 2. The molecule has 134 valence electrons. The third-order valence-corrected chi connectivity index (χ3v) is 5.36. The molecule has 1 aliphatic rings. The molecule has 0 fully saturated rings. The average Bonchev–Trinajstić information content (AvgIpc) is 2.98. The first-order valence-corrected chi connectivity index (χ1v) is 8.88. The van der Waals surface area contributed by atoms with Crippen molar-refractivity contribution in [1.29, 1.82) is 0 Å². The van der Waals surface area contributed by atoms with E-state index in [1.165, 1.54) is 22.3 Å². The molecule has 2 atom stereocenters. The van der Waals surface area contributed by atoms with Crippen LogP contribution in [0.2, 0.25) is 0 Å². The Balaban J connectivity index is 1.84. The van der Waals surface area contributed by atoms with Crippen molar-refractivity contribution >= 4 is 0 Å². The van der Waals surface area contributed by atoms with Crippen LogP contribution in [-0.4, -0.2) is 44.1 Å². The van der Waals surface area contributed by atoms with E-state index in [1.54, 1.807) is 7.11 Å². The minimum atomic E-state index is 0.301. The summed E-state index contributed by atoms with van der Waals surface area (Å²) in [7, 11) is 5.98. The number of likely N-dealkylation sites (N-methyl/N-ethyl adjacent to an activating group) is 1. The summed E-state index contributed by atoms with van der Waals surface area (Å²) in [6.45, 7) is 4.78. The molecule has 0 bridgehead atoms. The molecule has 2 aromatic rings. The van der Waals surface area contributed by atoms with Crippen molar-refractivity contribution in [3.63, 3.8) is 0 Å². The molecule has 0 saturated carbocycles. The fourth-order valence-electron chi connectivity index (χ4n) is 3.85. The smallest absolute Gasteiger partial charge is 0.118 e. The fourth-order valence-corrected chi connectivity index (χ4v) is 3.85. The number of hydrogen-bond donors (Lipinski definition) is 1. The summed E-state index contributed by atoms with van der Waals surface area (Å²) in [4.78, 5) is 4.80. The van der Waals surface area contributed by atoms with Gasteiger partial charge in [0.15, 0.2) is 0 Å². The Kier molecular flexibility index (Phi) is 5.42. The molecule has 0 amide bonds. The van der Waals surface area contributed by atoms with Gasteiger partial charge in [0, 0.05) is 31.7 Å². The first-order valence-electron chi connectivity index (χ1n) is 8.88. The van der Waals surface area contributed by atoms with Crippen LogP contribution in [0, 0.1) is 6.92 Å². The van der Waals surface area contributed by atoms with Gasteiger partial charge in [0.25, 0.3) is 0 Å². The molecule has 0 spiro atoms. The van der Waals surface area contributed by atoms with Gasteiger partial charge in [-0.3, -0.25) is 4.90 Å². The number of methoxy groups -OCH3 is 1. The highest BCUT2D eigenvalue weighted by Gasteiger charge is 2.32. The number of aryl methyl sites for hydroxylation is 1. The number of hydrogen-bond acceptors (Lipinski definition) is 4. The van der Waals surface area contributed by atoms with E-state index in [1.807, 2.05) is 12.1 Å². The van der Waals surface area contributed by atoms with E-state index in [4.69, 9.17) is 10.5 Å². The summed E-state index contributed by atoms with van der Waals surface area (Å²) in [5, 5.41) is 0. The highest BCUT2D eigenvalue weighted by atomic mass is 16.5. The van der Waals surface area contributed by atoms with Crippen molar-refractivity contribution in [3.05, 3.63) is 64.7 Å². The van der Waals surface area contributed by atoms with Crippen molar-refractivity contribution in [1.82, 2.24) is 9.80 Å². The van der Waals surface area contributed by atoms with Crippen molar-refractivity contribution in [2.45, 2.75) is 25.6 Å². The minimum absolute atomic E-state index is 0.301. The van der Waals surface area contributed by atoms with Crippen LogP contribution >= 0.6 is 0 Å².